The van der Waals surface area contributed by atoms with Gasteiger partial charge < -0.3 is 10.2 Å². The average Bonchev–Trinajstić information content (AvgIpc) is 2.57. The van der Waals surface area contributed by atoms with Gasteiger partial charge in [-0.05, 0) is 41.8 Å². The Morgan fingerprint density at radius 1 is 1.26 bits per heavy atom. The van der Waals surface area contributed by atoms with Gasteiger partial charge in [0.05, 0.1) is 10.0 Å². The minimum Gasteiger partial charge on any atom is -0.320 e. The summed E-state index contributed by atoms with van der Waals surface area (Å²) in [5.41, 5.74) is 2.97. The molecular weight excluding hydrogens is 335 g/mol. The fraction of sp³-hybridized carbons (Fsp3) is 0.188. The van der Waals surface area contributed by atoms with Gasteiger partial charge in [0.15, 0.2) is 0 Å². The van der Waals surface area contributed by atoms with E-state index in [1.807, 2.05) is 6.07 Å². The number of urea groups is 1. The molecule has 0 unspecified atom stereocenters. The van der Waals surface area contributed by atoms with E-state index >= 15 is 0 Å². The van der Waals surface area contributed by atoms with Crippen LogP contribution in [0.1, 0.15) is 16.8 Å². The van der Waals surface area contributed by atoms with E-state index < -0.39 is 0 Å². The molecule has 0 atom stereocenters. The number of pyridine rings is 1. The molecule has 1 aliphatic rings. The van der Waals surface area contributed by atoms with Crippen LogP contribution >= 0.6 is 23.2 Å². The Labute approximate surface area is 143 Å². The third-order valence-corrected chi connectivity index (χ3v) is 4.41. The third kappa shape index (κ3) is 3.39. The summed E-state index contributed by atoms with van der Waals surface area (Å²) in [4.78, 5) is 18.1. The normalized spacial score (nSPS) is 13.2. The minimum atomic E-state index is -0.218. The van der Waals surface area contributed by atoms with Crippen LogP contribution in [0.3, 0.4) is 0 Å². The SMILES string of the molecule is N#Cc1cc2c(cn1)CCN(C(=O)Nc1ccc(Cl)c(Cl)c1)C2. The highest BCUT2D eigenvalue weighted by Crippen LogP contribution is 2.26. The first-order chi connectivity index (χ1) is 11.1. The zero-order valence-corrected chi connectivity index (χ0v) is 13.5. The molecule has 3 rings (SSSR count). The monoisotopic (exact) mass is 346 g/mol. The van der Waals surface area contributed by atoms with Crippen molar-refractivity contribution in [2.24, 2.45) is 0 Å². The first-order valence-electron chi connectivity index (χ1n) is 6.95. The van der Waals surface area contributed by atoms with E-state index in [1.54, 1.807) is 35.4 Å². The Kier molecular flexibility index (Phi) is 4.37. The molecule has 0 saturated carbocycles. The molecule has 0 fully saturated rings. The molecule has 5 nitrogen and oxygen atoms in total. The Morgan fingerprint density at radius 3 is 2.83 bits per heavy atom. The van der Waals surface area contributed by atoms with Crippen molar-refractivity contribution in [3.63, 3.8) is 0 Å². The number of hydrogen-bond acceptors (Lipinski definition) is 3. The molecule has 7 heteroatoms. The van der Waals surface area contributed by atoms with Crippen LogP contribution in [0.4, 0.5) is 10.5 Å². The molecule has 1 aromatic heterocycles. The molecule has 0 radical (unpaired) electrons. The fourth-order valence-corrected chi connectivity index (χ4v) is 2.75. The van der Waals surface area contributed by atoms with Crippen molar-refractivity contribution >= 4 is 34.9 Å². The van der Waals surface area contributed by atoms with E-state index in [0.717, 1.165) is 11.1 Å². The van der Waals surface area contributed by atoms with Crippen LogP contribution in [0, 0.1) is 11.3 Å². The van der Waals surface area contributed by atoms with E-state index in [9.17, 15) is 4.79 Å². The second-order valence-electron chi connectivity index (χ2n) is 5.18. The van der Waals surface area contributed by atoms with Crippen LogP contribution in [0.15, 0.2) is 30.5 Å². The molecule has 1 aliphatic heterocycles. The number of rotatable bonds is 1. The van der Waals surface area contributed by atoms with Crippen LogP contribution in [-0.2, 0) is 13.0 Å². The molecule has 0 spiro atoms. The predicted molar refractivity (Wildman–Crippen MR) is 88.5 cm³/mol. The van der Waals surface area contributed by atoms with Gasteiger partial charge in [0.2, 0.25) is 0 Å². The summed E-state index contributed by atoms with van der Waals surface area (Å²) in [6.45, 7) is 1.04. The number of carbonyl (C=O) groups excluding carboxylic acids is 1. The molecule has 1 N–H and O–H groups in total. The zero-order chi connectivity index (χ0) is 16.4. The Bertz CT molecular complexity index is 816. The number of nitrogens with one attached hydrogen (secondary N) is 1. The molecule has 0 aliphatic carbocycles. The lowest BCUT2D eigenvalue weighted by atomic mass is 10.0. The number of halogens is 2. The fourth-order valence-electron chi connectivity index (χ4n) is 2.45. The first-order valence-corrected chi connectivity index (χ1v) is 7.71. The summed E-state index contributed by atoms with van der Waals surface area (Å²) >= 11 is 11.8. The molecule has 2 aromatic rings. The topological polar surface area (TPSA) is 69.0 Å². The summed E-state index contributed by atoms with van der Waals surface area (Å²) in [5.74, 6) is 0. The number of fused-ring (bicyclic) bond motifs is 1. The first kappa shape index (κ1) is 15.6. The van der Waals surface area contributed by atoms with Gasteiger partial charge in [-0.1, -0.05) is 23.2 Å². The van der Waals surface area contributed by atoms with E-state index in [2.05, 4.69) is 10.3 Å². The molecule has 0 saturated heterocycles. The number of amides is 2. The van der Waals surface area contributed by atoms with E-state index in [4.69, 9.17) is 28.5 Å². The lowest BCUT2D eigenvalue weighted by Gasteiger charge is -2.28. The third-order valence-electron chi connectivity index (χ3n) is 3.67. The maximum absolute atomic E-state index is 12.4. The number of hydrogen-bond donors (Lipinski definition) is 1. The molecule has 2 heterocycles. The number of benzene rings is 1. The Balaban J connectivity index is 1.73. The summed E-state index contributed by atoms with van der Waals surface area (Å²) in [7, 11) is 0. The molecule has 116 valence electrons. The van der Waals surface area contributed by atoms with Crippen LogP contribution in [-0.4, -0.2) is 22.5 Å². The van der Waals surface area contributed by atoms with Crippen LogP contribution in [0.25, 0.3) is 0 Å². The van der Waals surface area contributed by atoms with E-state index in [1.165, 1.54) is 0 Å². The second kappa shape index (κ2) is 6.45. The second-order valence-corrected chi connectivity index (χ2v) is 6.00. The minimum absolute atomic E-state index is 0.218. The molecule has 23 heavy (non-hydrogen) atoms. The number of carbonyl (C=O) groups is 1. The van der Waals surface area contributed by atoms with Gasteiger partial charge in [0, 0.05) is 25.0 Å². The standard InChI is InChI=1S/C16H12Cl2N4O/c17-14-2-1-12(6-15(14)18)21-16(23)22-4-3-10-8-20-13(7-19)5-11(10)9-22/h1-2,5-6,8H,3-4,9H2,(H,21,23). The Morgan fingerprint density at radius 2 is 2.09 bits per heavy atom. The highest BCUT2D eigenvalue weighted by molar-refractivity contribution is 6.42. The van der Waals surface area contributed by atoms with Crippen molar-refractivity contribution in [1.29, 1.82) is 5.26 Å². The number of nitriles is 1. The summed E-state index contributed by atoms with van der Waals surface area (Å²) < 4.78 is 0. The van der Waals surface area contributed by atoms with Crippen molar-refractivity contribution in [3.05, 3.63) is 57.3 Å². The van der Waals surface area contributed by atoms with Crippen molar-refractivity contribution < 1.29 is 4.79 Å². The van der Waals surface area contributed by atoms with Crippen molar-refractivity contribution in [1.82, 2.24) is 9.88 Å². The molecule has 1 aromatic carbocycles. The van der Waals surface area contributed by atoms with E-state index in [-0.39, 0.29) is 6.03 Å². The number of nitrogens with zero attached hydrogens (tertiary/aromatic N) is 3. The molecule has 0 bridgehead atoms. The average molecular weight is 347 g/mol. The number of aromatic nitrogens is 1. The summed E-state index contributed by atoms with van der Waals surface area (Å²) in [6, 6.07) is 8.47. The maximum atomic E-state index is 12.4. The predicted octanol–water partition coefficient (Wildman–Crippen LogP) is 3.85. The van der Waals surface area contributed by atoms with Crippen LogP contribution < -0.4 is 5.32 Å². The van der Waals surface area contributed by atoms with Crippen LogP contribution in [0.2, 0.25) is 10.0 Å². The zero-order valence-electron chi connectivity index (χ0n) is 12.0. The summed E-state index contributed by atoms with van der Waals surface area (Å²) in [6.07, 6.45) is 2.42. The highest BCUT2D eigenvalue weighted by Gasteiger charge is 2.21. The number of anilines is 1. The summed E-state index contributed by atoms with van der Waals surface area (Å²) in [5, 5.41) is 12.6. The smallest absolute Gasteiger partial charge is 0.320 e. The maximum Gasteiger partial charge on any atom is 0.322 e. The lowest BCUT2D eigenvalue weighted by Crippen LogP contribution is -2.39. The van der Waals surface area contributed by atoms with Crippen molar-refractivity contribution in [2.75, 3.05) is 11.9 Å². The van der Waals surface area contributed by atoms with Crippen molar-refractivity contribution in [2.45, 2.75) is 13.0 Å². The van der Waals surface area contributed by atoms with E-state index in [0.29, 0.717) is 40.9 Å². The quantitative estimate of drug-likeness (QED) is 0.852. The van der Waals surface area contributed by atoms with Gasteiger partial charge in [-0.2, -0.15) is 5.26 Å². The Hall–Kier alpha value is -2.29. The van der Waals surface area contributed by atoms with Gasteiger partial charge >= 0.3 is 6.03 Å². The van der Waals surface area contributed by atoms with Gasteiger partial charge in [0.1, 0.15) is 11.8 Å². The van der Waals surface area contributed by atoms with Crippen molar-refractivity contribution in [3.8, 4) is 6.07 Å². The molecular formula is C16H12Cl2N4O. The lowest BCUT2D eigenvalue weighted by molar-refractivity contribution is 0.206. The van der Waals surface area contributed by atoms with Crippen LogP contribution in [0.5, 0.6) is 0 Å². The van der Waals surface area contributed by atoms with Gasteiger partial charge in [-0.15, -0.1) is 0 Å². The highest BCUT2D eigenvalue weighted by atomic mass is 35.5. The van der Waals surface area contributed by atoms with Gasteiger partial charge in [-0.25, -0.2) is 9.78 Å². The van der Waals surface area contributed by atoms with Gasteiger partial charge in [0.25, 0.3) is 0 Å². The largest absolute Gasteiger partial charge is 0.322 e. The molecule has 2 amide bonds. The van der Waals surface area contributed by atoms with Gasteiger partial charge in [-0.3, -0.25) is 0 Å².